The van der Waals surface area contributed by atoms with Crippen LogP contribution >= 0.6 is 15.9 Å². The van der Waals surface area contributed by atoms with Crippen molar-refractivity contribution in [2.75, 3.05) is 0 Å². The fourth-order valence-electron chi connectivity index (χ4n) is 5.63. The van der Waals surface area contributed by atoms with Gasteiger partial charge in [-0.25, -0.2) is 0 Å². The summed E-state index contributed by atoms with van der Waals surface area (Å²) in [5.41, 5.74) is 6.65. The van der Waals surface area contributed by atoms with Crippen LogP contribution in [-0.2, 0) is 5.41 Å². The van der Waals surface area contributed by atoms with Crippen LogP contribution in [-0.4, -0.2) is 0 Å². The van der Waals surface area contributed by atoms with Crippen LogP contribution in [0, 0.1) is 0 Å². The molecule has 0 atom stereocenters. The zero-order valence-electron chi connectivity index (χ0n) is 19.9. The third-order valence-electron chi connectivity index (χ3n) is 6.65. The van der Waals surface area contributed by atoms with Gasteiger partial charge in [-0.1, -0.05) is 113 Å². The van der Waals surface area contributed by atoms with Gasteiger partial charge in [-0.3, -0.25) is 0 Å². The molecule has 0 aliphatic heterocycles. The molecule has 30 heavy (non-hydrogen) atoms. The van der Waals surface area contributed by atoms with Gasteiger partial charge in [0, 0.05) is 4.47 Å². The molecule has 0 bridgehead atoms. The lowest BCUT2D eigenvalue weighted by atomic mass is 9.69. The van der Waals surface area contributed by atoms with Gasteiger partial charge >= 0.3 is 0 Å². The first kappa shape index (κ1) is 13.2. The summed E-state index contributed by atoms with van der Waals surface area (Å²) in [6.45, 7) is 0. The van der Waals surface area contributed by atoms with Crippen LogP contribution < -0.4 is 0 Å². The third kappa shape index (κ3) is 1.79. The van der Waals surface area contributed by atoms with Crippen molar-refractivity contribution in [3.63, 3.8) is 0 Å². The van der Waals surface area contributed by atoms with Crippen molar-refractivity contribution >= 4 is 26.7 Å². The topological polar surface area (TPSA) is 0 Å². The van der Waals surface area contributed by atoms with Gasteiger partial charge in [0.2, 0.25) is 0 Å². The van der Waals surface area contributed by atoms with E-state index in [1.807, 2.05) is 42.5 Å². The van der Waals surface area contributed by atoms with E-state index in [1.165, 1.54) is 0 Å². The van der Waals surface area contributed by atoms with Gasteiger partial charge in [0.05, 0.1) is 10.9 Å². The molecule has 0 aromatic heterocycles. The van der Waals surface area contributed by atoms with Gasteiger partial charge in [-0.05, 0) is 61.3 Å². The van der Waals surface area contributed by atoms with Gasteiger partial charge in [0.15, 0.2) is 0 Å². The van der Waals surface area contributed by atoms with Crippen LogP contribution in [0.2, 0.25) is 0 Å². The fourth-order valence-corrected chi connectivity index (χ4v) is 6.20. The highest BCUT2D eigenvalue weighted by molar-refractivity contribution is 9.10. The molecule has 5 aromatic carbocycles. The van der Waals surface area contributed by atoms with Crippen molar-refractivity contribution in [2.24, 2.45) is 0 Å². The second kappa shape index (κ2) is 5.71. The van der Waals surface area contributed by atoms with E-state index in [-0.39, 0.29) is 24.2 Å². The third-order valence-corrected chi connectivity index (χ3v) is 7.31. The number of halogens is 1. The Hall–Kier alpha value is -3.16. The Morgan fingerprint density at radius 2 is 1.20 bits per heavy atom. The average molecular weight is 449 g/mol. The summed E-state index contributed by atoms with van der Waals surface area (Å²) in [6, 6.07) is 26.5. The van der Waals surface area contributed by atoms with Crippen molar-refractivity contribution in [3.8, 4) is 22.3 Å². The maximum absolute atomic E-state index is 9.12. The Morgan fingerprint density at radius 3 is 1.93 bits per heavy atom. The van der Waals surface area contributed by atoms with E-state index < -0.39 is 5.41 Å². The van der Waals surface area contributed by atoms with Crippen molar-refractivity contribution in [2.45, 2.75) is 5.41 Å². The number of hydrogen-bond donors (Lipinski definition) is 0. The molecule has 0 saturated carbocycles. The number of rotatable bonds is 0. The van der Waals surface area contributed by atoms with E-state index in [9.17, 15) is 0 Å². The first-order chi connectivity index (χ1) is 16.5. The first-order valence-electron chi connectivity index (χ1n) is 12.0. The van der Waals surface area contributed by atoms with E-state index in [2.05, 4.69) is 52.3 Å². The first-order valence-corrected chi connectivity index (χ1v) is 10.8. The average Bonchev–Trinajstić information content (AvgIpc) is 3.33. The van der Waals surface area contributed by atoms with Crippen LogP contribution in [0.3, 0.4) is 0 Å². The molecule has 2 aliphatic rings. The van der Waals surface area contributed by atoms with Crippen molar-refractivity contribution in [1.82, 2.24) is 0 Å². The molecular weight excluding hydrogens is 428 g/mol. The maximum atomic E-state index is 9.12. The molecule has 2 aliphatic carbocycles. The summed E-state index contributed by atoms with van der Waals surface area (Å²) in [5, 5.41) is 2.11. The summed E-state index contributed by atoms with van der Waals surface area (Å²) < 4.78 is 36.0. The van der Waals surface area contributed by atoms with Gasteiger partial charge in [-0.2, -0.15) is 0 Å². The normalized spacial score (nSPS) is 16.3. The van der Waals surface area contributed by atoms with Crippen LogP contribution in [0.1, 0.15) is 27.7 Å². The molecule has 0 unspecified atom stereocenters. The van der Waals surface area contributed by atoms with Gasteiger partial charge < -0.3 is 0 Å². The number of hydrogen-bond acceptors (Lipinski definition) is 0. The molecule has 0 nitrogen and oxygen atoms in total. The predicted octanol–water partition coefficient (Wildman–Crippen LogP) is 7.95. The largest absolute Gasteiger partial charge is 0.0731 e. The molecular formula is C29H17Br. The zero-order valence-corrected chi connectivity index (χ0v) is 17.5. The van der Waals surface area contributed by atoms with Crippen molar-refractivity contribution in [3.05, 3.63) is 130 Å². The monoisotopic (exact) mass is 448 g/mol. The molecule has 140 valence electrons. The van der Waals surface area contributed by atoms with E-state index >= 15 is 0 Å². The second-order valence-electron chi connectivity index (χ2n) is 7.92. The lowest BCUT2D eigenvalue weighted by molar-refractivity contribution is 0.801. The summed E-state index contributed by atoms with van der Waals surface area (Å²) in [6.07, 6.45) is 0. The summed E-state index contributed by atoms with van der Waals surface area (Å²) >= 11 is 3.75. The molecule has 0 heterocycles. The minimum absolute atomic E-state index is 0.0122. The van der Waals surface area contributed by atoms with Gasteiger partial charge in [0.25, 0.3) is 0 Å². The van der Waals surface area contributed by atoms with Crippen LogP contribution in [0.15, 0.2) is 108 Å². The highest BCUT2D eigenvalue weighted by atomic mass is 79.9. The highest BCUT2D eigenvalue weighted by Crippen LogP contribution is 2.64. The molecule has 7 rings (SSSR count). The van der Waals surface area contributed by atoms with E-state index in [0.29, 0.717) is 11.1 Å². The molecule has 0 saturated heterocycles. The SMILES string of the molecule is [2H]c1c([2H])c([2H])c2c(c1[2H])-c1cc(Br)c3ccccc3c1C21c2ccccc2-c2ccccc21. The molecule has 1 spiro atoms. The molecule has 0 fully saturated rings. The Morgan fingerprint density at radius 1 is 0.600 bits per heavy atom. The second-order valence-corrected chi connectivity index (χ2v) is 8.77. The summed E-state index contributed by atoms with van der Waals surface area (Å²) in [4.78, 5) is 0. The Balaban J connectivity index is 1.84. The molecule has 1 heteroatoms. The van der Waals surface area contributed by atoms with Crippen molar-refractivity contribution < 1.29 is 5.48 Å². The molecule has 0 amide bonds. The lowest BCUT2D eigenvalue weighted by Crippen LogP contribution is -2.26. The zero-order chi connectivity index (χ0) is 23.4. The van der Waals surface area contributed by atoms with Crippen LogP contribution in [0.5, 0.6) is 0 Å². The predicted molar refractivity (Wildman–Crippen MR) is 128 cm³/mol. The minimum Gasteiger partial charge on any atom is -0.0619 e. The number of fused-ring (bicyclic) bond motifs is 12. The Kier molecular flexibility index (Phi) is 2.51. The molecule has 0 radical (unpaired) electrons. The molecule has 0 N–H and O–H groups in total. The minimum atomic E-state index is -0.825. The van der Waals surface area contributed by atoms with Crippen LogP contribution in [0.25, 0.3) is 33.0 Å². The van der Waals surface area contributed by atoms with Crippen LogP contribution in [0.4, 0.5) is 0 Å². The fraction of sp³-hybridized carbons (Fsp3) is 0.0345. The van der Waals surface area contributed by atoms with E-state index in [0.717, 1.165) is 48.6 Å². The van der Waals surface area contributed by atoms with E-state index in [4.69, 9.17) is 5.48 Å². The Bertz CT molecular complexity index is 1670. The number of benzene rings is 5. The van der Waals surface area contributed by atoms with Gasteiger partial charge in [-0.15, -0.1) is 0 Å². The molecule has 5 aromatic rings. The summed E-state index contributed by atoms with van der Waals surface area (Å²) in [7, 11) is 0. The standard InChI is InChI=1S/C29H17Br/c30-27-17-23-20-11-5-8-16-26(20)29(28(23)22-13-2-1-12-21(22)27)24-14-6-3-9-18(24)19-10-4-7-15-25(19)29/h1-17H/i5D,8D,11D,16D. The maximum Gasteiger partial charge on any atom is 0.0731 e. The smallest absolute Gasteiger partial charge is 0.0619 e. The highest BCUT2D eigenvalue weighted by Gasteiger charge is 2.52. The van der Waals surface area contributed by atoms with Crippen molar-refractivity contribution in [1.29, 1.82) is 0 Å². The quantitative estimate of drug-likeness (QED) is 0.220. The van der Waals surface area contributed by atoms with Gasteiger partial charge in [0.1, 0.15) is 0 Å². The summed E-state index contributed by atoms with van der Waals surface area (Å²) in [5.74, 6) is 0. The lowest BCUT2D eigenvalue weighted by Gasteiger charge is -2.31. The Labute approximate surface area is 189 Å². The van der Waals surface area contributed by atoms with E-state index in [1.54, 1.807) is 0 Å².